The zero-order chi connectivity index (χ0) is 28.1. The summed E-state index contributed by atoms with van der Waals surface area (Å²) in [5, 5.41) is 2.91. The van der Waals surface area contributed by atoms with Gasteiger partial charge in [0.2, 0.25) is 0 Å². The van der Waals surface area contributed by atoms with Gasteiger partial charge in [-0.25, -0.2) is 14.0 Å². The van der Waals surface area contributed by atoms with Crippen LogP contribution in [0.4, 0.5) is 9.18 Å². The summed E-state index contributed by atoms with van der Waals surface area (Å²) in [7, 11) is 4.66. The van der Waals surface area contributed by atoms with E-state index in [1.165, 1.54) is 43.4 Å². The molecule has 2 aliphatic rings. The van der Waals surface area contributed by atoms with Crippen LogP contribution in [0.2, 0.25) is 0 Å². The second-order valence-electron chi connectivity index (χ2n) is 9.21. The van der Waals surface area contributed by atoms with Crippen molar-refractivity contribution in [2.45, 2.75) is 13.0 Å². The van der Waals surface area contributed by atoms with Gasteiger partial charge >= 0.3 is 12.0 Å². The van der Waals surface area contributed by atoms with Crippen molar-refractivity contribution in [2.24, 2.45) is 0 Å². The first kappa shape index (κ1) is 27.9. The van der Waals surface area contributed by atoms with Gasteiger partial charge in [0.1, 0.15) is 5.82 Å². The number of urea groups is 1. The first-order valence-electron chi connectivity index (χ1n) is 12.7. The Morgan fingerprint density at radius 3 is 2.28 bits per heavy atom. The van der Waals surface area contributed by atoms with Gasteiger partial charge in [0.15, 0.2) is 11.5 Å². The number of hydrogen-bond acceptors (Lipinski definition) is 7. The van der Waals surface area contributed by atoms with Gasteiger partial charge in [-0.2, -0.15) is 0 Å². The maximum atomic E-state index is 13.3. The van der Waals surface area contributed by atoms with Crippen LogP contribution in [-0.4, -0.2) is 93.2 Å². The largest absolute Gasteiger partial charge is 0.493 e. The summed E-state index contributed by atoms with van der Waals surface area (Å²) in [5.74, 6) is -0.0904. The molecule has 0 bridgehead atoms. The highest BCUT2D eigenvalue weighted by molar-refractivity contribution is 5.95. The molecule has 2 aliphatic heterocycles. The maximum absolute atomic E-state index is 13.3. The molecule has 208 valence electrons. The molecule has 2 aromatic carbocycles. The maximum Gasteiger partial charge on any atom is 0.338 e. The van der Waals surface area contributed by atoms with Gasteiger partial charge in [-0.05, 0) is 48.9 Å². The number of carbonyl (C=O) groups is 3. The van der Waals surface area contributed by atoms with Gasteiger partial charge in [-0.15, -0.1) is 0 Å². The molecular formula is C28H33FN4O6. The molecule has 0 aliphatic carbocycles. The van der Waals surface area contributed by atoms with Crippen LogP contribution < -0.4 is 14.8 Å². The molecule has 2 aromatic rings. The lowest BCUT2D eigenvalue weighted by atomic mass is 9.94. The summed E-state index contributed by atoms with van der Waals surface area (Å²) in [6.07, 6.45) is 0. The molecule has 0 radical (unpaired) electrons. The molecule has 0 aromatic heterocycles. The van der Waals surface area contributed by atoms with E-state index in [0.717, 1.165) is 0 Å². The van der Waals surface area contributed by atoms with E-state index in [1.807, 2.05) is 0 Å². The minimum absolute atomic E-state index is 0.163. The minimum Gasteiger partial charge on any atom is -0.493 e. The van der Waals surface area contributed by atoms with Crippen LogP contribution in [0.1, 0.15) is 28.9 Å². The molecule has 1 N–H and O–H groups in total. The van der Waals surface area contributed by atoms with Crippen molar-refractivity contribution in [3.8, 4) is 11.5 Å². The molecule has 1 saturated heterocycles. The number of likely N-dealkylation sites (N-methyl/N-ethyl adjacent to an activating group) is 1. The molecule has 10 nitrogen and oxygen atoms in total. The van der Waals surface area contributed by atoms with Crippen LogP contribution in [-0.2, 0) is 9.53 Å². The summed E-state index contributed by atoms with van der Waals surface area (Å²) in [5.41, 5.74) is 1.93. The Hall–Kier alpha value is -4.12. The van der Waals surface area contributed by atoms with Crippen LogP contribution in [0.15, 0.2) is 53.7 Å². The summed E-state index contributed by atoms with van der Waals surface area (Å²) in [6.45, 7) is 4.18. The minimum atomic E-state index is -0.760. The van der Waals surface area contributed by atoms with Gasteiger partial charge in [0.25, 0.3) is 5.91 Å². The highest BCUT2D eigenvalue weighted by Crippen LogP contribution is 2.36. The molecule has 1 atom stereocenters. The van der Waals surface area contributed by atoms with Crippen LogP contribution >= 0.6 is 0 Å². The molecular weight excluding hydrogens is 507 g/mol. The lowest BCUT2D eigenvalue weighted by Gasteiger charge is -2.39. The Bertz CT molecular complexity index is 1260. The smallest absolute Gasteiger partial charge is 0.338 e. The highest BCUT2D eigenvalue weighted by Gasteiger charge is 2.38. The van der Waals surface area contributed by atoms with E-state index in [9.17, 15) is 18.8 Å². The lowest BCUT2D eigenvalue weighted by Crippen LogP contribution is -2.53. The van der Waals surface area contributed by atoms with Crippen molar-refractivity contribution in [1.29, 1.82) is 0 Å². The Morgan fingerprint density at radius 1 is 1.00 bits per heavy atom. The number of esters is 1. The fourth-order valence-electron chi connectivity index (χ4n) is 4.78. The van der Waals surface area contributed by atoms with Crippen molar-refractivity contribution in [3.63, 3.8) is 0 Å². The van der Waals surface area contributed by atoms with Gasteiger partial charge in [0.05, 0.1) is 32.4 Å². The summed E-state index contributed by atoms with van der Waals surface area (Å²) >= 11 is 0. The number of amides is 3. The van der Waals surface area contributed by atoms with Crippen molar-refractivity contribution in [3.05, 3.63) is 70.7 Å². The van der Waals surface area contributed by atoms with Crippen molar-refractivity contribution in [2.75, 3.05) is 60.6 Å². The first-order valence-corrected chi connectivity index (χ1v) is 12.7. The summed E-state index contributed by atoms with van der Waals surface area (Å²) in [4.78, 5) is 44.4. The second kappa shape index (κ2) is 12.2. The average molecular weight is 541 g/mol. The molecule has 11 heteroatoms. The Labute approximate surface area is 226 Å². The summed E-state index contributed by atoms with van der Waals surface area (Å²) in [6, 6.07) is 9.59. The molecule has 1 fully saturated rings. The average Bonchev–Trinajstić information content (AvgIpc) is 2.95. The molecule has 39 heavy (non-hydrogen) atoms. The van der Waals surface area contributed by atoms with Crippen LogP contribution in [0.5, 0.6) is 11.5 Å². The van der Waals surface area contributed by atoms with E-state index in [0.29, 0.717) is 66.6 Å². The normalized spacial score (nSPS) is 18.1. The highest BCUT2D eigenvalue weighted by atomic mass is 19.1. The fraction of sp³-hybridized carbons (Fsp3) is 0.393. The Morgan fingerprint density at radius 2 is 1.67 bits per heavy atom. The van der Waals surface area contributed by atoms with Crippen molar-refractivity contribution >= 4 is 17.9 Å². The number of piperazine rings is 1. The summed E-state index contributed by atoms with van der Waals surface area (Å²) < 4.78 is 29.4. The van der Waals surface area contributed by atoms with Crippen molar-refractivity contribution < 1.29 is 33.0 Å². The number of hydrogen-bond donors (Lipinski definition) is 1. The molecule has 2 heterocycles. The third kappa shape index (κ3) is 5.98. The number of benzene rings is 2. The number of nitrogens with zero attached hydrogens (tertiary/aromatic N) is 3. The van der Waals surface area contributed by atoms with Gasteiger partial charge < -0.3 is 24.4 Å². The Kier molecular flexibility index (Phi) is 8.70. The van der Waals surface area contributed by atoms with Crippen LogP contribution in [0.3, 0.4) is 0 Å². The molecule has 0 unspecified atom stereocenters. The quantitative estimate of drug-likeness (QED) is 0.514. The van der Waals surface area contributed by atoms with Crippen LogP contribution in [0.25, 0.3) is 0 Å². The molecule has 0 spiro atoms. The predicted molar refractivity (Wildman–Crippen MR) is 141 cm³/mol. The van der Waals surface area contributed by atoms with Gasteiger partial charge in [-0.3, -0.25) is 14.6 Å². The predicted octanol–water partition coefficient (Wildman–Crippen LogP) is 2.81. The first-order chi connectivity index (χ1) is 18.8. The number of methoxy groups -OCH3 is 2. The monoisotopic (exact) mass is 540 g/mol. The standard InChI is InChI=1S/C28H33FN4O6/c1-5-39-27(35)24-21(17-32-12-14-33(15-13-32)26(34)18-6-9-20(29)10-7-18)31(2)28(36)30-25(24)19-8-11-22(37-3)23(16-19)38-4/h6-11,16,25H,5,12-15,17H2,1-4H3,(H,30,36)/t25-/m1/s1. The number of rotatable bonds is 8. The van der Waals surface area contributed by atoms with E-state index in [1.54, 1.807) is 37.1 Å². The number of halogens is 1. The number of carbonyl (C=O) groups excluding carboxylic acids is 3. The van der Waals surface area contributed by atoms with E-state index in [4.69, 9.17) is 14.2 Å². The molecule has 4 rings (SSSR count). The topological polar surface area (TPSA) is 101 Å². The van der Waals surface area contributed by atoms with E-state index >= 15 is 0 Å². The van der Waals surface area contributed by atoms with E-state index in [2.05, 4.69) is 10.2 Å². The Balaban J connectivity index is 1.59. The molecule has 3 amide bonds. The van der Waals surface area contributed by atoms with Crippen LogP contribution in [0, 0.1) is 5.82 Å². The fourth-order valence-corrected chi connectivity index (χ4v) is 4.78. The second-order valence-corrected chi connectivity index (χ2v) is 9.21. The van der Waals surface area contributed by atoms with Gasteiger partial charge in [-0.1, -0.05) is 6.07 Å². The van der Waals surface area contributed by atoms with Gasteiger partial charge in [0, 0.05) is 51.0 Å². The number of nitrogens with one attached hydrogen (secondary N) is 1. The van der Waals surface area contributed by atoms with E-state index < -0.39 is 17.8 Å². The van der Waals surface area contributed by atoms with E-state index in [-0.39, 0.29) is 18.5 Å². The third-order valence-corrected chi connectivity index (χ3v) is 6.94. The van der Waals surface area contributed by atoms with Crippen molar-refractivity contribution in [1.82, 2.24) is 20.0 Å². The SMILES string of the molecule is CCOC(=O)C1=C(CN2CCN(C(=O)c3ccc(F)cc3)CC2)N(C)C(=O)N[C@@H]1c1ccc(OC)c(OC)c1. The zero-order valence-corrected chi connectivity index (χ0v) is 22.5. The lowest BCUT2D eigenvalue weighted by molar-refractivity contribution is -0.139. The molecule has 0 saturated carbocycles. The zero-order valence-electron chi connectivity index (χ0n) is 22.5. The number of ether oxygens (including phenoxy) is 3. The third-order valence-electron chi connectivity index (χ3n) is 6.94.